The van der Waals surface area contributed by atoms with E-state index in [9.17, 15) is 9.59 Å². The van der Waals surface area contributed by atoms with E-state index in [0.29, 0.717) is 58.6 Å². The largest absolute Gasteiger partial charge is 0.351 e. The number of pyridine rings is 1. The summed E-state index contributed by atoms with van der Waals surface area (Å²) in [5.74, 6) is 0.605. The zero-order chi connectivity index (χ0) is 23.8. The minimum Gasteiger partial charge on any atom is -0.351 e. The second kappa shape index (κ2) is 7.51. The number of rotatable bonds is 6. The average Bonchev–Trinajstić information content (AvgIpc) is 3.75. The Bertz CT molecular complexity index is 1510. The minimum atomic E-state index is -0.0814. The van der Waals surface area contributed by atoms with Gasteiger partial charge in [0.05, 0.1) is 17.5 Å². The molecule has 7 rings (SSSR count). The summed E-state index contributed by atoms with van der Waals surface area (Å²) >= 11 is 1.33. The maximum absolute atomic E-state index is 13.7. The van der Waals surface area contributed by atoms with Gasteiger partial charge in [-0.2, -0.15) is 0 Å². The van der Waals surface area contributed by atoms with E-state index in [4.69, 9.17) is 4.98 Å². The van der Waals surface area contributed by atoms with Gasteiger partial charge < -0.3 is 24.7 Å². The van der Waals surface area contributed by atoms with Gasteiger partial charge >= 0.3 is 0 Å². The minimum absolute atomic E-state index is 0.0814. The second-order valence-electron chi connectivity index (χ2n) is 9.62. The highest BCUT2D eigenvalue weighted by molar-refractivity contribution is 7.17. The van der Waals surface area contributed by atoms with Gasteiger partial charge in [0.2, 0.25) is 0 Å². The molecule has 0 saturated heterocycles. The molecule has 11 heteroatoms. The van der Waals surface area contributed by atoms with Crippen molar-refractivity contribution in [2.24, 2.45) is 7.05 Å². The molecule has 0 aromatic carbocycles. The number of nitrogens with zero attached hydrogens (tertiary/aromatic N) is 6. The van der Waals surface area contributed by atoms with E-state index in [1.54, 1.807) is 6.33 Å². The SMILES string of the molecule is CCn1c(C(=O)N(C2CC2)C2CC2)cc2c3c(ncn3C)c(Nc3nc4c(s3)C(=O)NCC4)nc21. The highest BCUT2D eigenvalue weighted by Crippen LogP contribution is 2.40. The lowest BCUT2D eigenvalue weighted by molar-refractivity contribution is 0.0719. The molecule has 0 radical (unpaired) electrons. The second-order valence-corrected chi connectivity index (χ2v) is 10.6. The molecule has 1 aliphatic heterocycles. The molecule has 3 aliphatic rings. The van der Waals surface area contributed by atoms with Crippen molar-refractivity contribution in [3.8, 4) is 0 Å². The van der Waals surface area contributed by atoms with E-state index in [-0.39, 0.29) is 11.8 Å². The summed E-state index contributed by atoms with van der Waals surface area (Å²) in [5, 5.41) is 7.73. The summed E-state index contributed by atoms with van der Waals surface area (Å²) in [6.45, 7) is 3.28. The fourth-order valence-corrected chi connectivity index (χ4v) is 6.12. The molecule has 0 bridgehead atoms. The van der Waals surface area contributed by atoms with Crippen LogP contribution in [-0.4, -0.2) is 59.4 Å². The van der Waals surface area contributed by atoms with Crippen LogP contribution in [0.3, 0.4) is 0 Å². The fraction of sp³-hybridized carbons (Fsp3) is 0.458. The average molecular weight is 491 g/mol. The number of anilines is 2. The molecule has 0 spiro atoms. The van der Waals surface area contributed by atoms with Gasteiger partial charge in [-0.1, -0.05) is 11.3 Å². The van der Waals surface area contributed by atoms with Gasteiger partial charge in [-0.15, -0.1) is 0 Å². The maximum atomic E-state index is 13.7. The number of nitrogens with one attached hydrogen (secondary N) is 2. The summed E-state index contributed by atoms with van der Waals surface area (Å²) in [4.78, 5) is 42.9. The molecule has 4 aromatic heterocycles. The Morgan fingerprint density at radius 2 is 2.03 bits per heavy atom. The van der Waals surface area contributed by atoms with Crippen LogP contribution < -0.4 is 10.6 Å². The van der Waals surface area contributed by atoms with Gasteiger partial charge in [0.1, 0.15) is 21.7 Å². The third kappa shape index (κ3) is 3.24. The van der Waals surface area contributed by atoms with E-state index in [0.717, 1.165) is 47.9 Å². The lowest BCUT2D eigenvalue weighted by atomic mass is 10.2. The summed E-state index contributed by atoms with van der Waals surface area (Å²) in [7, 11) is 1.95. The molecule has 0 unspecified atom stereocenters. The van der Waals surface area contributed by atoms with E-state index in [2.05, 4.69) is 25.5 Å². The maximum Gasteiger partial charge on any atom is 0.271 e. The highest BCUT2D eigenvalue weighted by Gasteiger charge is 2.43. The van der Waals surface area contributed by atoms with Crippen molar-refractivity contribution in [1.82, 2.24) is 34.3 Å². The number of aryl methyl sites for hydroxylation is 2. The summed E-state index contributed by atoms with van der Waals surface area (Å²) in [5.41, 5.74) is 3.88. The molecule has 35 heavy (non-hydrogen) atoms. The van der Waals surface area contributed by atoms with Crippen molar-refractivity contribution in [3.05, 3.63) is 28.7 Å². The van der Waals surface area contributed by atoms with Crippen LogP contribution in [0.15, 0.2) is 12.4 Å². The lowest BCUT2D eigenvalue weighted by Gasteiger charge is -2.22. The van der Waals surface area contributed by atoms with E-state index in [1.807, 2.05) is 29.2 Å². The molecule has 2 amide bonds. The third-order valence-electron chi connectivity index (χ3n) is 7.13. The highest BCUT2D eigenvalue weighted by atomic mass is 32.1. The number of carbonyl (C=O) groups is 2. The monoisotopic (exact) mass is 490 g/mol. The van der Waals surface area contributed by atoms with Crippen LogP contribution in [0.1, 0.15) is 58.5 Å². The summed E-state index contributed by atoms with van der Waals surface area (Å²) in [6.07, 6.45) is 6.88. The quantitative estimate of drug-likeness (QED) is 0.430. The summed E-state index contributed by atoms with van der Waals surface area (Å²) in [6, 6.07) is 2.76. The Kier molecular flexibility index (Phi) is 4.48. The van der Waals surface area contributed by atoms with Crippen molar-refractivity contribution >= 4 is 56.2 Å². The smallest absolute Gasteiger partial charge is 0.271 e. The number of aromatic nitrogens is 5. The number of fused-ring (bicyclic) bond motifs is 4. The van der Waals surface area contributed by atoms with Gasteiger partial charge in [0.15, 0.2) is 10.9 Å². The van der Waals surface area contributed by atoms with Crippen molar-refractivity contribution in [3.63, 3.8) is 0 Å². The molecule has 0 atom stereocenters. The molecule has 4 aromatic rings. The molecule has 5 heterocycles. The topological polar surface area (TPSA) is 110 Å². The van der Waals surface area contributed by atoms with Crippen LogP contribution in [0, 0.1) is 0 Å². The van der Waals surface area contributed by atoms with Crippen molar-refractivity contribution in [2.75, 3.05) is 11.9 Å². The van der Waals surface area contributed by atoms with Crippen LogP contribution in [0.5, 0.6) is 0 Å². The molecule has 2 aliphatic carbocycles. The van der Waals surface area contributed by atoms with E-state index >= 15 is 0 Å². The van der Waals surface area contributed by atoms with Gasteiger partial charge in [0, 0.05) is 44.0 Å². The number of hydrogen-bond donors (Lipinski definition) is 2. The van der Waals surface area contributed by atoms with Crippen molar-refractivity contribution < 1.29 is 9.59 Å². The normalized spacial score (nSPS) is 17.6. The third-order valence-corrected chi connectivity index (χ3v) is 8.14. The predicted molar refractivity (Wildman–Crippen MR) is 133 cm³/mol. The molecule has 2 saturated carbocycles. The Morgan fingerprint density at radius 3 is 2.71 bits per heavy atom. The number of amides is 2. The fourth-order valence-electron chi connectivity index (χ4n) is 5.19. The Hall–Kier alpha value is -3.47. The van der Waals surface area contributed by atoms with Crippen LogP contribution in [0.4, 0.5) is 10.9 Å². The van der Waals surface area contributed by atoms with Crippen LogP contribution >= 0.6 is 11.3 Å². The zero-order valence-corrected chi connectivity index (χ0v) is 20.5. The first kappa shape index (κ1) is 20.9. The van der Waals surface area contributed by atoms with Crippen LogP contribution in [0.2, 0.25) is 0 Å². The van der Waals surface area contributed by atoms with Crippen LogP contribution in [-0.2, 0) is 20.0 Å². The Balaban J connectivity index is 1.36. The first-order valence-corrected chi connectivity index (χ1v) is 13.1. The molecule has 2 N–H and O–H groups in total. The lowest BCUT2D eigenvalue weighted by Crippen LogP contribution is -2.36. The molecule has 180 valence electrons. The molecule has 10 nitrogen and oxygen atoms in total. The standard InChI is InChI=1S/C24H26N8O2S/c1-3-31-16(23(34)32(12-4-5-12)13-6-7-13)10-14-18-17(26-11-30(18)2)20(28-21(14)31)29-24-27-15-8-9-25-22(33)19(15)35-24/h10-13H,3-9H2,1-2H3,(H,25,33)(H,27,28,29). The molecule has 2 fully saturated rings. The van der Waals surface area contributed by atoms with Crippen LogP contribution in [0.25, 0.3) is 22.1 Å². The number of imidazole rings is 1. The Morgan fingerprint density at radius 1 is 1.26 bits per heavy atom. The number of hydrogen-bond acceptors (Lipinski definition) is 7. The van der Waals surface area contributed by atoms with Crippen molar-refractivity contribution in [1.29, 1.82) is 0 Å². The zero-order valence-electron chi connectivity index (χ0n) is 19.7. The molecular weight excluding hydrogens is 464 g/mol. The van der Waals surface area contributed by atoms with Gasteiger partial charge in [-0.3, -0.25) is 9.59 Å². The van der Waals surface area contributed by atoms with Gasteiger partial charge in [-0.05, 0) is 38.7 Å². The number of carbonyl (C=O) groups excluding carboxylic acids is 2. The van der Waals surface area contributed by atoms with E-state index in [1.165, 1.54) is 11.3 Å². The predicted octanol–water partition coefficient (Wildman–Crippen LogP) is 3.20. The Labute approximate surface area is 205 Å². The van der Waals surface area contributed by atoms with Crippen molar-refractivity contribution in [2.45, 2.75) is 57.7 Å². The van der Waals surface area contributed by atoms with Gasteiger partial charge in [0.25, 0.3) is 11.8 Å². The summed E-state index contributed by atoms with van der Waals surface area (Å²) < 4.78 is 3.99. The molecular formula is C24H26N8O2S. The van der Waals surface area contributed by atoms with Gasteiger partial charge in [-0.25, -0.2) is 15.0 Å². The first-order valence-electron chi connectivity index (χ1n) is 12.2. The number of thiazole rings is 1. The first-order chi connectivity index (χ1) is 17.0. The van der Waals surface area contributed by atoms with E-state index < -0.39 is 0 Å².